The van der Waals surface area contributed by atoms with Crippen LogP contribution in [0, 0.1) is 11.8 Å². The van der Waals surface area contributed by atoms with Crippen LogP contribution < -0.4 is 10.6 Å². The number of fused-ring (bicyclic) bond motifs is 1. The van der Waals surface area contributed by atoms with Crippen LogP contribution >= 0.6 is 0 Å². The lowest BCUT2D eigenvalue weighted by atomic mass is 9.90. The van der Waals surface area contributed by atoms with Crippen LogP contribution in [-0.2, 0) is 18.9 Å². The largest absolute Gasteiger partial charge is 0.453 e. The minimum atomic E-state index is -0.900. The number of aliphatic hydroxyl groups is 2. The number of imidazole rings is 2. The summed E-state index contributed by atoms with van der Waals surface area (Å²) in [6.07, 6.45) is 7.34. The summed E-state index contributed by atoms with van der Waals surface area (Å²) in [6, 6.07) is 20.2. The van der Waals surface area contributed by atoms with E-state index < -0.39 is 36.7 Å². The molecule has 4 aliphatic rings. The Morgan fingerprint density at radius 2 is 1.05 bits per heavy atom. The average molecular weight is 877 g/mol. The number of aliphatic hydroxyl groups excluding tert-OH is 2. The van der Waals surface area contributed by atoms with Gasteiger partial charge in [0.1, 0.15) is 24.1 Å². The van der Waals surface area contributed by atoms with E-state index >= 15 is 0 Å². The predicted octanol–water partition coefficient (Wildman–Crippen LogP) is 6.50. The summed E-state index contributed by atoms with van der Waals surface area (Å²) in [5, 5.41) is 31.5. The number of aromatic amines is 2. The van der Waals surface area contributed by atoms with Gasteiger partial charge in [-0.2, -0.15) is 0 Å². The third-order valence-corrected chi connectivity index (χ3v) is 13.9. The smallest absolute Gasteiger partial charge is 0.407 e. The van der Waals surface area contributed by atoms with E-state index in [1.54, 1.807) is 0 Å². The predicted molar refractivity (Wildman–Crippen MR) is 240 cm³/mol. The van der Waals surface area contributed by atoms with E-state index in [-0.39, 0.29) is 23.9 Å². The summed E-state index contributed by atoms with van der Waals surface area (Å²) < 4.78 is 21.0. The second-order valence-electron chi connectivity index (χ2n) is 17.6. The van der Waals surface area contributed by atoms with Crippen LogP contribution in [0.1, 0.15) is 75.1 Å². The fourth-order valence-corrected chi connectivity index (χ4v) is 10.4. The van der Waals surface area contributed by atoms with Crippen molar-refractivity contribution in [1.82, 2.24) is 40.4 Å². The van der Waals surface area contributed by atoms with E-state index in [1.807, 2.05) is 17.3 Å². The van der Waals surface area contributed by atoms with E-state index in [0.29, 0.717) is 39.5 Å². The lowest BCUT2D eigenvalue weighted by Gasteiger charge is -2.39. The fraction of sp³-hybridized carbons (Fsp3) is 0.500. The van der Waals surface area contributed by atoms with E-state index in [4.69, 9.17) is 28.9 Å². The Morgan fingerprint density at radius 3 is 1.53 bits per heavy atom. The van der Waals surface area contributed by atoms with E-state index in [1.165, 1.54) is 14.2 Å². The number of hydrogen-bond donors (Lipinski definition) is 6. The SMILES string of the molecule is COC(=O)NC(C1CCOCC1)C(O)N1CCCC1c1ncc(-c2ccc(-c3ccc4cc(-c5cnc(C6CCCN6C(O)C(NC(=O)OC)C6CCOCC6)[nH]5)ccc4c3)cc2)[nH]1. The maximum Gasteiger partial charge on any atom is 0.407 e. The molecular formula is C48H60N8O8. The lowest BCUT2D eigenvalue weighted by molar-refractivity contribution is -0.0622. The summed E-state index contributed by atoms with van der Waals surface area (Å²) in [6.45, 7) is 3.79. The highest BCUT2D eigenvalue weighted by Gasteiger charge is 2.42. The molecule has 2 aromatic heterocycles. The fourth-order valence-electron chi connectivity index (χ4n) is 10.4. The molecule has 0 spiro atoms. The number of carbonyl (C=O) groups excluding carboxylic acids is 2. The highest BCUT2D eigenvalue weighted by molar-refractivity contribution is 5.90. The standard InChI is InChI=1S/C48H60N8O8/c1-61-47(59)53-41(31-15-21-63-22-16-31)45(57)55-19-3-5-39(55)43-49-27-37(51-43)30-9-7-29(8-10-30)33-11-12-35-26-36(14-13-34(35)25-33)38-28-50-44(52-38)40-6-4-20-56(40)46(58)42(54-48(60)62-2)32-17-23-64-24-18-32/h7-14,25-28,31-32,39-42,45-46,57-58H,3-6,15-24H2,1-2H3,(H,49,51)(H,50,52)(H,53,59)(H,54,60). The van der Waals surface area contributed by atoms with Crippen LogP contribution in [0.4, 0.5) is 9.59 Å². The Hall–Kier alpha value is -5.36. The molecule has 4 fully saturated rings. The van der Waals surface area contributed by atoms with Gasteiger partial charge in [-0.05, 0) is 103 Å². The minimum Gasteiger partial charge on any atom is -0.453 e. The number of hydrogen-bond acceptors (Lipinski definition) is 12. The Bertz CT molecular complexity index is 2360. The van der Waals surface area contributed by atoms with Crippen LogP contribution in [0.5, 0.6) is 0 Å². The van der Waals surface area contributed by atoms with Crippen molar-refractivity contribution in [2.75, 3.05) is 53.7 Å². The van der Waals surface area contributed by atoms with Gasteiger partial charge in [0, 0.05) is 45.1 Å². The van der Waals surface area contributed by atoms with Crippen molar-refractivity contribution in [1.29, 1.82) is 0 Å². The van der Waals surface area contributed by atoms with Gasteiger partial charge in [-0.3, -0.25) is 9.80 Å². The molecular weight excluding hydrogens is 817 g/mol. The molecule has 16 nitrogen and oxygen atoms in total. The quantitative estimate of drug-likeness (QED) is 0.0752. The second-order valence-corrected chi connectivity index (χ2v) is 17.6. The van der Waals surface area contributed by atoms with Gasteiger partial charge >= 0.3 is 12.2 Å². The van der Waals surface area contributed by atoms with Gasteiger partial charge in [0.05, 0.1) is 62.2 Å². The van der Waals surface area contributed by atoms with Crippen LogP contribution in [0.3, 0.4) is 0 Å². The first-order valence-corrected chi connectivity index (χ1v) is 22.7. The summed E-state index contributed by atoms with van der Waals surface area (Å²) in [4.78, 5) is 45.4. The third-order valence-electron chi connectivity index (χ3n) is 13.9. The molecule has 0 aliphatic carbocycles. The van der Waals surface area contributed by atoms with E-state index in [0.717, 1.165) is 107 Å². The number of rotatable bonds is 13. The van der Waals surface area contributed by atoms with Gasteiger partial charge in [-0.15, -0.1) is 0 Å². The molecule has 0 saturated carbocycles. The Labute approximate surface area is 373 Å². The Morgan fingerprint density at radius 1 is 0.625 bits per heavy atom. The first-order chi connectivity index (χ1) is 31.3. The highest BCUT2D eigenvalue weighted by atomic mass is 16.5. The summed E-state index contributed by atoms with van der Waals surface area (Å²) in [5.74, 6) is 1.74. The van der Waals surface area contributed by atoms with Crippen molar-refractivity contribution in [3.05, 3.63) is 84.7 Å². The average Bonchev–Trinajstić information content (AvgIpc) is 4.20. The number of alkyl carbamates (subject to hydrolysis) is 2. The van der Waals surface area contributed by atoms with Crippen molar-refractivity contribution in [3.8, 4) is 33.6 Å². The number of aromatic nitrogens is 4. The zero-order valence-corrected chi connectivity index (χ0v) is 36.6. The molecule has 64 heavy (non-hydrogen) atoms. The molecule has 4 saturated heterocycles. The number of nitrogens with zero attached hydrogens (tertiary/aromatic N) is 4. The topological polar surface area (TPSA) is 199 Å². The lowest BCUT2D eigenvalue weighted by Crippen LogP contribution is -2.56. The normalized spacial score (nSPS) is 22.2. The number of likely N-dealkylation sites (tertiary alicyclic amines) is 2. The third kappa shape index (κ3) is 9.39. The molecule has 6 atom stereocenters. The number of nitrogens with one attached hydrogen (secondary N) is 4. The van der Waals surface area contributed by atoms with Crippen molar-refractivity contribution < 1.29 is 38.7 Å². The first-order valence-electron chi connectivity index (χ1n) is 22.7. The molecule has 9 rings (SSSR count). The van der Waals surface area contributed by atoms with Gasteiger partial charge in [0.2, 0.25) is 0 Å². The molecule has 6 heterocycles. The summed E-state index contributed by atoms with van der Waals surface area (Å²) in [5.41, 5.74) is 6.04. The van der Waals surface area contributed by atoms with Crippen LogP contribution in [0.15, 0.2) is 73.1 Å². The second kappa shape index (κ2) is 19.8. The number of methoxy groups -OCH3 is 2. The van der Waals surface area contributed by atoms with Gasteiger partial charge in [0.15, 0.2) is 0 Å². The molecule has 3 aromatic carbocycles. The zero-order valence-electron chi connectivity index (χ0n) is 36.6. The van der Waals surface area contributed by atoms with E-state index in [9.17, 15) is 19.8 Å². The molecule has 6 N–H and O–H groups in total. The Kier molecular flexibility index (Phi) is 13.6. The molecule has 340 valence electrons. The monoisotopic (exact) mass is 876 g/mol. The van der Waals surface area contributed by atoms with Gasteiger partial charge in [-0.25, -0.2) is 19.6 Å². The zero-order chi connectivity index (χ0) is 44.2. The van der Waals surface area contributed by atoms with Crippen molar-refractivity contribution in [3.63, 3.8) is 0 Å². The molecule has 2 amide bonds. The maximum absolute atomic E-state index is 12.3. The van der Waals surface area contributed by atoms with Crippen LogP contribution in [0.25, 0.3) is 44.4 Å². The van der Waals surface area contributed by atoms with Gasteiger partial charge < -0.3 is 49.8 Å². The number of H-pyrrole nitrogens is 2. The molecule has 4 aliphatic heterocycles. The molecule has 16 heteroatoms. The molecule has 0 bridgehead atoms. The first kappa shape index (κ1) is 43.9. The minimum absolute atomic E-state index is 0.0726. The van der Waals surface area contributed by atoms with Crippen LogP contribution in [-0.4, -0.2) is 130 Å². The van der Waals surface area contributed by atoms with E-state index in [2.05, 4.69) is 86.2 Å². The van der Waals surface area contributed by atoms with Crippen LogP contribution in [0.2, 0.25) is 0 Å². The van der Waals surface area contributed by atoms with Crippen molar-refractivity contribution >= 4 is 23.0 Å². The number of carbonyl (C=O) groups is 2. The highest BCUT2D eigenvalue weighted by Crippen LogP contribution is 2.38. The van der Waals surface area contributed by atoms with Gasteiger partial charge in [0.25, 0.3) is 0 Å². The number of benzene rings is 3. The number of amides is 2. The van der Waals surface area contributed by atoms with Crippen molar-refractivity contribution in [2.24, 2.45) is 11.8 Å². The Balaban J connectivity index is 0.860. The molecule has 0 radical (unpaired) electrons. The van der Waals surface area contributed by atoms with Crippen molar-refractivity contribution in [2.45, 2.75) is 88.0 Å². The summed E-state index contributed by atoms with van der Waals surface area (Å²) >= 11 is 0. The molecule has 5 aromatic rings. The van der Waals surface area contributed by atoms with Gasteiger partial charge in [-0.1, -0.05) is 48.5 Å². The molecule has 6 unspecified atom stereocenters. The number of ether oxygens (including phenoxy) is 4. The summed E-state index contributed by atoms with van der Waals surface area (Å²) in [7, 11) is 2.68. The maximum atomic E-state index is 12.3.